The SMILES string of the molecule is O=C(NNC(=O)c1nccs1)c1cscn1. The molecule has 0 aromatic carbocycles. The largest absolute Gasteiger partial charge is 0.298 e. The van der Waals surface area contributed by atoms with Gasteiger partial charge in [-0.25, -0.2) is 9.97 Å². The van der Waals surface area contributed by atoms with Crippen LogP contribution in [0.4, 0.5) is 0 Å². The van der Waals surface area contributed by atoms with Crippen LogP contribution in [0.1, 0.15) is 20.3 Å². The standard InChI is InChI=1S/C8H6N4O2S2/c13-6(5-3-15-4-10-5)11-12-7(14)8-9-1-2-16-8/h1-4H,(H,11,13)(H,12,14). The third kappa shape index (κ3) is 2.41. The fourth-order valence-corrected chi connectivity index (χ4v) is 1.95. The van der Waals surface area contributed by atoms with E-state index in [1.54, 1.807) is 10.8 Å². The zero-order valence-electron chi connectivity index (χ0n) is 7.84. The number of hydrogen-bond donors (Lipinski definition) is 2. The first-order chi connectivity index (χ1) is 7.77. The highest BCUT2D eigenvalue weighted by molar-refractivity contribution is 7.11. The summed E-state index contributed by atoms with van der Waals surface area (Å²) >= 11 is 2.50. The van der Waals surface area contributed by atoms with E-state index in [0.29, 0.717) is 5.01 Å². The van der Waals surface area contributed by atoms with E-state index in [0.717, 1.165) is 0 Å². The summed E-state index contributed by atoms with van der Waals surface area (Å²) in [4.78, 5) is 30.4. The van der Waals surface area contributed by atoms with Crippen LogP contribution in [-0.4, -0.2) is 21.8 Å². The maximum absolute atomic E-state index is 11.4. The van der Waals surface area contributed by atoms with Crippen molar-refractivity contribution in [2.75, 3.05) is 0 Å². The summed E-state index contributed by atoms with van der Waals surface area (Å²) in [7, 11) is 0. The van der Waals surface area contributed by atoms with Crippen molar-refractivity contribution in [2.24, 2.45) is 0 Å². The van der Waals surface area contributed by atoms with Gasteiger partial charge in [-0.05, 0) is 0 Å². The molecule has 2 aromatic rings. The van der Waals surface area contributed by atoms with E-state index in [1.807, 2.05) is 0 Å². The Balaban J connectivity index is 1.89. The monoisotopic (exact) mass is 254 g/mol. The van der Waals surface area contributed by atoms with E-state index in [-0.39, 0.29) is 5.69 Å². The number of carbonyl (C=O) groups excluding carboxylic acids is 2. The Morgan fingerprint density at radius 1 is 1.19 bits per heavy atom. The molecule has 82 valence electrons. The lowest BCUT2D eigenvalue weighted by molar-refractivity contribution is 0.0844. The Hall–Kier alpha value is -1.80. The van der Waals surface area contributed by atoms with Gasteiger partial charge in [0.2, 0.25) is 0 Å². The minimum atomic E-state index is -0.453. The van der Waals surface area contributed by atoms with Gasteiger partial charge < -0.3 is 0 Å². The molecular formula is C8H6N4O2S2. The van der Waals surface area contributed by atoms with Gasteiger partial charge in [-0.2, -0.15) is 0 Å². The maximum Gasteiger partial charge on any atom is 0.298 e. The van der Waals surface area contributed by atoms with Crippen molar-refractivity contribution in [1.82, 2.24) is 20.8 Å². The highest BCUT2D eigenvalue weighted by Gasteiger charge is 2.11. The molecule has 0 fully saturated rings. The summed E-state index contributed by atoms with van der Waals surface area (Å²) in [6, 6.07) is 0. The van der Waals surface area contributed by atoms with E-state index in [2.05, 4.69) is 20.8 Å². The van der Waals surface area contributed by atoms with Crippen molar-refractivity contribution in [3.63, 3.8) is 0 Å². The smallest absolute Gasteiger partial charge is 0.266 e. The Bertz CT molecular complexity index is 434. The Kier molecular flexibility index (Phi) is 3.22. The average molecular weight is 254 g/mol. The molecule has 0 saturated heterocycles. The summed E-state index contributed by atoms with van der Waals surface area (Å²) in [6.45, 7) is 0. The van der Waals surface area contributed by atoms with Crippen molar-refractivity contribution in [3.05, 3.63) is 33.2 Å². The molecule has 0 aliphatic rings. The molecule has 0 atom stereocenters. The van der Waals surface area contributed by atoms with Gasteiger partial charge in [-0.15, -0.1) is 22.7 Å². The molecule has 2 amide bonds. The van der Waals surface area contributed by atoms with Gasteiger partial charge in [0.1, 0.15) is 5.69 Å². The second kappa shape index (κ2) is 4.81. The number of hydrogen-bond acceptors (Lipinski definition) is 6. The molecule has 0 saturated carbocycles. The van der Waals surface area contributed by atoms with Crippen molar-refractivity contribution in [1.29, 1.82) is 0 Å². The average Bonchev–Trinajstić information content (AvgIpc) is 2.95. The van der Waals surface area contributed by atoms with E-state index < -0.39 is 11.8 Å². The first-order valence-corrected chi connectivity index (χ1v) is 5.98. The predicted molar refractivity (Wildman–Crippen MR) is 59.2 cm³/mol. The van der Waals surface area contributed by atoms with E-state index >= 15 is 0 Å². The molecule has 2 aromatic heterocycles. The van der Waals surface area contributed by atoms with E-state index in [9.17, 15) is 9.59 Å². The molecule has 6 nitrogen and oxygen atoms in total. The second-order valence-electron chi connectivity index (χ2n) is 2.62. The maximum atomic E-state index is 11.4. The third-order valence-corrected chi connectivity index (χ3v) is 2.94. The molecule has 8 heteroatoms. The van der Waals surface area contributed by atoms with Crippen molar-refractivity contribution in [3.8, 4) is 0 Å². The van der Waals surface area contributed by atoms with E-state index in [1.165, 1.54) is 34.4 Å². The first-order valence-electron chi connectivity index (χ1n) is 4.16. The molecular weight excluding hydrogens is 248 g/mol. The Labute approximate surface area is 98.3 Å². The fraction of sp³-hybridized carbons (Fsp3) is 0. The number of rotatable bonds is 2. The zero-order valence-corrected chi connectivity index (χ0v) is 9.47. The Morgan fingerprint density at radius 2 is 2.00 bits per heavy atom. The van der Waals surface area contributed by atoms with Gasteiger partial charge >= 0.3 is 0 Å². The normalized spacial score (nSPS) is 9.75. The van der Waals surface area contributed by atoms with Crippen LogP contribution in [-0.2, 0) is 0 Å². The Morgan fingerprint density at radius 3 is 2.62 bits per heavy atom. The van der Waals surface area contributed by atoms with Gasteiger partial charge in [0.15, 0.2) is 5.01 Å². The number of amides is 2. The lowest BCUT2D eigenvalue weighted by Gasteiger charge is -2.02. The molecule has 0 bridgehead atoms. The second-order valence-corrected chi connectivity index (χ2v) is 4.23. The van der Waals surface area contributed by atoms with Crippen LogP contribution < -0.4 is 10.9 Å². The summed E-state index contributed by atoms with van der Waals surface area (Å²) < 4.78 is 0. The lowest BCUT2D eigenvalue weighted by Crippen LogP contribution is -2.41. The van der Waals surface area contributed by atoms with Crippen LogP contribution in [0.5, 0.6) is 0 Å². The molecule has 0 spiro atoms. The topological polar surface area (TPSA) is 84.0 Å². The van der Waals surface area contributed by atoms with Gasteiger partial charge in [-0.3, -0.25) is 20.4 Å². The molecule has 0 radical (unpaired) electrons. The third-order valence-electron chi connectivity index (χ3n) is 1.58. The first kappa shape index (κ1) is 10.7. The fourth-order valence-electron chi connectivity index (χ4n) is 0.891. The molecule has 16 heavy (non-hydrogen) atoms. The van der Waals surface area contributed by atoms with Crippen LogP contribution in [0.3, 0.4) is 0 Å². The van der Waals surface area contributed by atoms with Crippen LogP contribution >= 0.6 is 22.7 Å². The summed E-state index contributed by atoms with van der Waals surface area (Å²) in [5, 5.41) is 3.56. The summed E-state index contributed by atoms with van der Waals surface area (Å²) in [5.41, 5.74) is 6.30. The van der Waals surface area contributed by atoms with Crippen LogP contribution in [0.25, 0.3) is 0 Å². The summed E-state index contributed by atoms with van der Waals surface area (Å²) in [6.07, 6.45) is 1.52. The van der Waals surface area contributed by atoms with Crippen LogP contribution in [0.15, 0.2) is 22.5 Å². The number of aromatic nitrogens is 2. The highest BCUT2D eigenvalue weighted by Crippen LogP contribution is 2.03. The zero-order chi connectivity index (χ0) is 11.4. The minimum absolute atomic E-state index is 0.268. The highest BCUT2D eigenvalue weighted by atomic mass is 32.1. The van der Waals surface area contributed by atoms with Crippen molar-refractivity contribution >= 4 is 34.5 Å². The molecule has 2 heterocycles. The number of carbonyl (C=O) groups is 2. The summed E-state index contributed by atoms with van der Waals surface area (Å²) in [5.74, 6) is -0.898. The minimum Gasteiger partial charge on any atom is -0.266 e. The quantitative estimate of drug-likeness (QED) is 0.772. The number of nitrogens with zero attached hydrogens (tertiary/aromatic N) is 2. The molecule has 2 rings (SSSR count). The van der Waals surface area contributed by atoms with Gasteiger partial charge in [0.05, 0.1) is 5.51 Å². The van der Waals surface area contributed by atoms with Gasteiger partial charge in [0, 0.05) is 17.0 Å². The van der Waals surface area contributed by atoms with E-state index in [4.69, 9.17) is 0 Å². The number of hydrazine groups is 1. The molecule has 0 aliphatic heterocycles. The molecule has 0 unspecified atom stereocenters. The number of thiazole rings is 2. The van der Waals surface area contributed by atoms with Gasteiger partial charge in [0.25, 0.3) is 11.8 Å². The van der Waals surface area contributed by atoms with Crippen molar-refractivity contribution < 1.29 is 9.59 Å². The number of nitrogens with one attached hydrogen (secondary N) is 2. The lowest BCUT2D eigenvalue weighted by atomic mass is 10.5. The van der Waals surface area contributed by atoms with Crippen LogP contribution in [0, 0.1) is 0 Å². The van der Waals surface area contributed by atoms with Crippen LogP contribution in [0.2, 0.25) is 0 Å². The predicted octanol–water partition coefficient (Wildman–Crippen LogP) is 0.674. The molecule has 0 aliphatic carbocycles. The van der Waals surface area contributed by atoms with Crippen molar-refractivity contribution in [2.45, 2.75) is 0 Å². The van der Waals surface area contributed by atoms with Gasteiger partial charge in [-0.1, -0.05) is 0 Å². The molecule has 2 N–H and O–H groups in total.